The summed E-state index contributed by atoms with van der Waals surface area (Å²) >= 11 is 3.45. The minimum absolute atomic E-state index is 0.527. The molecule has 0 fully saturated rings. The van der Waals surface area contributed by atoms with E-state index in [0.717, 1.165) is 11.8 Å². The normalized spacial score (nSPS) is 14.8. The maximum Gasteiger partial charge on any atom is 0.407 e. The number of amides is 1. The number of fused-ring (bicyclic) bond motifs is 1. The molecule has 0 spiro atoms. The van der Waals surface area contributed by atoms with Crippen LogP contribution in [0.5, 0.6) is 0 Å². The Bertz CT molecular complexity index is 431. The molecule has 0 saturated heterocycles. The summed E-state index contributed by atoms with van der Waals surface area (Å²) in [6.45, 7) is 3.18. The van der Waals surface area contributed by atoms with Crippen LogP contribution in [0.25, 0.3) is 0 Å². The van der Waals surface area contributed by atoms with Crippen LogP contribution in [-0.2, 0) is 18.3 Å². The molecular formula is C12H14BrNO2. The lowest BCUT2D eigenvalue weighted by Gasteiger charge is -2.28. The van der Waals surface area contributed by atoms with Crippen LogP contribution in [0.1, 0.15) is 22.3 Å². The molecule has 3 nitrogen and oxygen atoms in total. The van der Waals surface area contributed by atoms with E-state index in [0.29, 0.717) is 13.1 Å². The van der Waals surface area contributed by atoms with Gasteiger partial charge >= 0.3 is 6.09 Å². The predicted octanol–water partition coefficient (Wildman–Crippen LogP) is 2.93. The number of hydrogen-bond donors (Lipinski definition) is 1. The number of alkyl halides is 1. The zero-order chi connectivity index (χ0) is 11.7. The summed E-state index contributed by atoms with van der Waals surface area (Å²) < 4.78 is 0. The molecule has 16 heavy (non-hydrogen) atoms. The van der Waals surface area contributed by atoms with Gasteiger partial charge in [-0.3, -0.25) is 0 Å². The van der Waals surface area contributed by atoms with Gasteiger partial charge in [-0.1, -0.05) is 28.1 Å². The first-order valence-corrected chi connectivity index (χ1v) is 6.39. The third kappa shape index (κ3) is 2.07. The lowest BCUT2D eigenvalue weighted by Crippen LogP contribution is -2.35. The molecule has 1 aromatic carbocycles. The summed E-state index contributed by atoms with van der Waals surface area (Å²) in [6, 6.07) is 4.30. The van der Waals surface area contributed by atoms with Crippen molar-refractivity contribution >= 4 is 22.0 Å². The number of hydrogen-bond acceptors (Lipinski definition) is 1. The Morgan fingerprint density at radius 2 is 2.31 bits per heavy atom. The van der Waals surface area contributed by atoms with Crippen molar-refractivity contribution in [3.05, 3.63) is 34.4 Å². The van der Waals surface area contributed by atoms with Gasteiger partial charge in [-0.2, -0.15) is 0 Å². The molecule has 2 rings (SSSR count). The highest BCUT2D eigenvalue weighted by Gasteiger charge is 2.21. The number of carboxylic acid groups (broad SMARTS) is 1. The Kier molecular flexibility index (Phi) is 3.19. The highest BCUT2D eigenvalue weighted by molar-refractivity contribution is 9.08. The second kappa shape index (κ2) is 4.45. The third-order valence-corrected chi connectivity index (χ3v) is 3.70. The first-order valence-electron chi connectivity index (χ1n) is 5.27. The second-order valence-corrected chi connectivity index (χ2v) is 4.70. The Balaban J connectivity index is 2.35. The standard InChI is InChI=1S/C12H14BrNO2/c1-8-4-9(6-13)5-10-2-3-14(12(15)16)7-11(8)10/h4-5H,2-3,6-7H2,1H3,(H,15,16). The van der Waals surface area contributed by atoms with Crippen molar-refractivity contribution in [3.8, 4) is 0 Å². The van der Waals surface area contributed by atoms with Gasteiger partial charge in [0.25, 0.3) is 0 Å². The SMILES string of the molecule is Cc1cc(CBr)cc2c1CN(C(=O)O)CC2. The summed E-state index contributed by atoms with van der Waals surface area (Å²) in [7, 11) is 0. The molecule has 1 N–H and O–H groups in total. The second-order valence-electron chi connectivity index (χ2n) is 4.14. The molecule has 1 aliphatic rings. The van der Waals surface area contributed by atoms with Crippen LogP contribution in [0.15, 0.2) is 12.1 Å². The molecule has 0 unspecified atom stereocenters. The Hall–Kier alpha value is -1.03. The van der Waals surface area contributed by atoms with Crippen LogP contribution in [-0.4, -0.2) is 22.6 Å². The molecule has 1 aliphatic heterocycles. The van der Waals surface area contributed by atoms with Crippen molar-refractivity contribution in [3.63, 3.8) is 0 Å². The maximum atomic E-state index is 10.9. The fourth-order valence-electron chi connectivity index (χ4n) is 2.19. The van der Waals surface area contributed by atoms with Crippen LogP contribution in [0.2, 0.25) is 0 Å². The van der Waals surface area contributed by atoms with Crippen molar-refractivity contribution in [1.29, 1.82) is 0 Å². The van der Waals surface area contributed by atoms with Gasteiger partial charge in [0, 0.05) is 18.4 Å². The van der Waals surface area contributed by atoms with Crippen molar-refractivity contribution in [2.45, 2.75) is 25.2 Å². The number of halogens is 1. The average Bonchev–Trinajstić information content (AvgIpc) is 2.28. The van der Waals surface area contributed by atoms with E-state index >= 15 is 0 Å². The number of aryl methyl sites for hydroxylation is 1. The number of nitrogens with zero attached hydrogens (tertiary/aromatic N) is 1. The van der Waals surface area contributed by atoms with Crippen LogP contribution >= 0.6 is 15.9 Å². The summed E-state index contributed by atoms with van der Waals surface area (Å²) in [5.74, 6) is 0. The average molecular weight is 284 g/mol. The zero-order valence-corrected chi connectivity index (χ0v) is 10.7. The fourth-order valence-corrected chi connectivity index (χ4v) is 2.51. The van der Waals surface area contributed by atoms with Crippen molar-refractivity contribution in [2.24, 2.45) is 0 Å². The number of rotatable bonds is 1. The lowest BCUT2D eigenvalue weighted by atomic mass is 9.93. The van der Waals surface area contributed by atoms with Crippen molar-refractivity contribution in [1.82, 2.24) is 4.90 Å². The predicted molar refractivity (Wildman–Crippen MR) is 65.9 cm³/mol. The minimum atomic E-state index is -0.824. The summed E-state index contributed by atoms with van der Waals surface area (Å²) in [6.07, 6.45) is -0.00170. The van der Waals surface area contributed by atoms with Crippen molar-refractivity contribution in [2.75, 3.05) is 6.54 Å². The van der Waals surface area contributed by atoms with Gasteiger partial charge < -0.3 is 10.0 Å². The maximum absolute atomic E-state index is 10.9. The molecule has 1 amide bonds. The molecule has 0 aromatic heterocycles. The Morgan fingerprint density at radius 1 is 1.56 bits per heavy atom. The smallest absolute Gasteiger partial charge is 0.407 e. The fraction of sp³-hybridized carbons (Fsp3) is 0.417. The highest BCUT2D eigenvalue weighted by atomic mass is 79.9. The lowest BCUT2D eigenvalue weighted by molar-refractivity contribution is 0.140. The van der Waals surface area contributed by atoms with E-state index in [4.69, 9.17) is 5.11 Å². The molecule has 0 bridgehead atoms. The summed E-state index contributed by atoms with van der Waals surface area (Å²) in [5, 5.41) is 9.82. The van der Waals surface area contributed by atoms with Gasteiger partial charge in [0.2, 0.25) is 0 Å². The van der Waals surface area contributed by atoms with Gasteiger partial charge in [-0.15, -0.1) is 0 Å². The Labute approximate surface area is 103 Å². The van der Waals surface area contributed by atoms with E-state index in [2.05, 4.69) is 35.0 Å². The van der Waals surface area contributed by atoms with Crippen LogP contribution in [0, 0.1) is 6.92 Å². The Morgan fingerprint density at radius 3 is 2.94 bits per heavy atom. The molecule has 0 saturated carbocycles. The van der Waals surface area contributed by atoms with Gasteiger partial charge in [0.1, 0.15) is 0 Å². The van der Waals surface area contributed by atoms with E-state index in [1.165, 1.54) is 27.2 Å². The largest absolute Gasteiger partial charge is 0.465 e. The van der Waals surface area contributed by atoms with Gasteiger partial charge in [-0.25, -0.2) is 4.79 Å². The van der Waals surface area contributed by atoms with Gasteiger partial charge in [0.05, 0.1) is 0 Å². The van der Waals surface area contributed by atoms with E-state index in [1.54, 1.807) is 0 Å². The monoisotopic (exact) mass is 283 g/mol. The zero-order valence-electron chi connectivity index (χ0n) is 9.16. The molecule has 4 heteroatoms. The number of benzene rings is 1. The minimum Gasteiger partial charge on any atom is -0.465 e. The first kappa shape index (κ1) is 11.5. The van der Waals surface area contributed by atoms with Crippen LogP contribution in [0.4, 0.5) is 4.79 Å². The van der Waals surface area contributed by atoms with E-state index in [1.807, 2.05) is 0 Å². The van der Waals surface area contributed by atoms with Crippen LogP contribution < -0.4 is 0 Å². The third-order valence-electron chi connectivity index (χ3n) is 3.05. The van der Waals surface area contributed by atoms with E-state index in [9.17, 15) is 4.79 Å². The molecule has 0 aliphatic carbocycles. The van der Waals surface area contributed by atoms with E-state index < -0.39 is 6.09 Å². The summed E-state index contributed by atoms with van der Waals surface area (Å²) in [4.78, 5) is 12.4. The molecule has 0 atom stereocenters. The molecule has 0 radical (unpaired) electrons. The van der Waals surface area contributed by atoms with E-state index in [-0.39, 0.29) is 0 Å². The summed E-state index contributed by atoms with van der Waals surface area (Å²) in [5.41, 5.74) is 4.93. The molecule has 1 aromatic rings. The van der Waals surface area contributed by atoms with Crippen molar-refractivity contribution < 1.29 is 9.90 Å². The first-order chi connectivity index (χ1) is 7.61. The topological polar surface area (TPSA) is 40.5 Å². The quantitative estimate of drug-likeness (QED) is 0.805. The van der Waals surface area contributed by atoms with Gasteiger partial charge in [-0.05, 0) is 35.6 Å². The highest BCUT2D eigenvalue weighted by Crippen LogP contribution is 2.25. The molecule has 86 valence electrons. The molecule has 1 heterocycles. The molecular weight excluding hydrogens is 270 g/mol. The number of carbonyl (C=O) groups is 1. The van der Waals surface area contributed by atoms with Gasteiger partial charge in [0.15, 0.2) is 0 Å². The van der Waals surface area contributed by atoms with Crippen LogP contribution in [0.3, 0.4) is 0 Å².